The first kappa shape index (κ1) is 18.3. The van der Waals surface area contributed by atoms with Gasteiger partial charge < -0.3 is 15.3 Å². The van der Waals surface area contributed by atoms with Crippen molar-refractivity contribution in [1.29, 1.82) is 0 Å². The molecule has 2 N–H and O–H groups in total. The van der Waals surface area contributed by atoms with Gasteiger partial charge in [0.1, 0.15) is 0 Å². The van der Waals surface area contributed by atoms with Gasteiger partial charge in [-0.05, 0) is 19.4 Å². The molecule has 0 atom stereocenters. The Bertz CT molecular complexity index is 187. The number of hydrogen-bond donors (Lipinski definition) is 2. The first-order chi connectivity index (χ1) is 8.20. The summed E-state index contributed by atoms with van der Waals surface area (Å²) in [7, 11) is 0. The molecule has 0 saturated carbocycles. The Balaban J connectivity index is 0. The highest BCUT2D eigenvalue weighted by atomic mass is 16.4. The molecule has 5 nitrogen and oxygen atoms in total. The van der Waals surface area contributed by atoms with Crippen LogP contribution in [-0.4, -0.2) is 48.6 Å². The molecule has 0 spiro atoms. The zero-order chi connectivity index (χ0) is 13.5. The molecule has 0 saturated heterocycles. The minimum Gasteiger partial charge on any atom is -0.480 e. The molecule has 0 rings (SSSR count). The average molecular weight is 246 g/mol. The topological polar surface area (TPSA) is 69.6 Å². The molecule has 0 radical (unpaired) electrons. The van der Waals surface area contributed by atoms with E-state index in [4.69, 9.17) is 5.11 Å². The quantitative estimate of drug-likeness (QED) is 0.451. The number of hydrogen-bond acceptors (Lipinski definition) is 3. The van der Waals surface area contributed by atoms with Crippen molar-refractivity contribution in [2.45, 2.75) is 40.0 Å². The van der Waals surface area contributed by atoms with Gasteiger partial charge >= 0.3 is 5.97 Å². The highest BCUT2D eigenvalue weighted by molar-refractivity contribution is 5.68. The third kappa shape index (κ3) is 14.9. The van der Waals surface area contributed by atoms with Crippen LogP contribution < -0.4 is 5.32 Å². The van der Waals surface area contributed by atoms with Gasteiger partial charge in [0.2, 0.25) is 6.41 Å². The Morgan fingerprint density at radius 3 is 2.35 bits per heavy atom. The highest BCUT2D eigenvalue weighted by Crippen LogP contribution is 1.93. The summed E-state index contributed by atoms with van der Waals surface area (Å²) in [6.07, 6.45) is 3.73. The van der Waals surface area contributed by atoms with E-state index >= 15 is 0 Å². The Morgan fingerprint density at radius 1 is 1.29 bits per heavy atom. The summed E-state index contributed by atoms with van der Waals surface area (Å²) >= 11 is 0. The molecule has 0 aliphatic heterocycles. The van der Waals surface area contributed by atoms with E-state index in [2.05, 4.69) is 12.2 Å². The molecule has 0 aromatic heterocycles. The van der Waals surface area contributed by atoms with Crippen LogP contribution in [0.25, 0.3) is 0 Å². The van der Waals surface area contributed by atoms with Gasteiger partial charge in [-0.15, -0.1) is 0 Å². The number of carboxylic acids is 1. The van der Waals surface area contributed by atoms with Gasteiger partial charge in [-0.3, -0.25) is 9.59 Å². The molecular formula is C12H26N2O3. The van der Waals surface area contributed by atoms with Crippen LogP contribution in [0.3, 0.4) is 0 Å². The van der Waals surface area contributed by atoms with Gasteiger partial charge in [0.15, 0.2) is 0 Å². The molecular weight excluding hydrogens is 220 g/mol. The summed E-state index contributed by atoms with van der Waals surface area (Å²) in [5.74, 6) is -0.853. The first-order valence-electron chi connectivity index (χ1n) is 6.32. The predicted octanol–water partition coefficient (Wildman–Crippen LogP) is 1.34. The summed E-state index contributed by atoms with van der Waals surface area (Å²) in [6, 6.07) is 0. The standard InChI is InChI=1S/C10H20N2O3.C2H6/c1-2-3-6-12(9-13)7-4-5-11-8-10(14)15;1-2/h9,11H,2-8H2,1H3,(H,14,15);1-2H3. The minimum atomic E-state index is -0.853. The molecule has 0 unspecified atom stereocenters. The fourth-order valence-corrected chi connectivity index (χ4v) is 1.18. The number of nitrogens with zero attached hydrogens (tertiary/aromatic N) is 1. The summed E-state index contributed by atoms with van der Waals surface area (Å²) in [6.45, 7) is 8.17. The van der Waals surface area contributed by atoms with Crippen molar-refractivity contribution >= 4 is 12.4 Å². The Hall–Kier alpha value is -1.10. The number of amides is 1. The molecule has 0 heterocycles. The maximum absolute atomic E-state index is 10.6. The van der Waals surface area contributed by atoms with Crippen LogP contribution in [0.5, 0.6) is 0 Å². The summed E-state index contributed by atoms with van der Waals surface area (Å²) < 4.78 is 0. The second kappa shape index (κ2) is 14.9. The van der Waals surface area contributed by atoms with Crippen molar-refractivity contribution in [3.05, 3.63) is 0 Å². The van der Waals surface area contributed by atoms with Gasteiger partial charge in [0.25, 0.3) is 0 Å². The van der Waals surface area contributed by atoms with E-state index in [0.29, 0.717) is 13.1 Å². The lowest BCUT2D eigenvalue weighted by molar-refractivity contribution is -0.136. The van der Waals surface area contributed by atoms with Crippen LogP contribution >= 0.6 is 0 Å². The smallest absolute Gasteiger partial charge is 0.317 e. The lowest BCUT2D eigenvalue weighted by Crippen LogP contribution is -2.29. The van der Waals surface area contributed by atoms with E-state index in [1.165, 1.54) is 0 Å². The van der Waals surface area contributed by atoms with Crippen LogP contribution in [0.2, 0.25) is 0 Å². The second-order valence-corrected chi connectivity index (χ2v) is 3.42. The van der Waals surface area contributed by atoms with E-state index in [0.717, 1.165) is 32.2 Å². The second-order valence-electron chi connectivity index (χ2n) is 3.42. The summed E-state index contributed by atoms with van der Waals surface area (Å²) in [5.41, 5.74) is 0. The van der Waals surface area contributed by atoms with Crippen molar-refractivity contribution in [3.8, 4) is 0 Å². The van der Waals surface area contributed by atoms with Crippen molar-refractivity contribution in [2.75, 3.05) is 26.2 Å². The molecule has 5 heteroatoms. The average Bonchev–Trinajstić information content (AvgIpc) is 2.35. The lowest BCUT2D eigenvalue weighted by Gasteiger charge is -2.16. The zero-order valence-electron chi connectivity index (χ0n) is 11.2. The molecule has 102 valence electrons. The number of aliphatic carboxylic acids is 1. The van der Waals surface area contributed by atoms with Crippen LogP contribution in [0.4, 0.5) is 0 Å². The van der Waals surface area contributed by atoms with Gasteiger partial charge in [-0.1, -0.05) is 27.2 Å². The van der Waals surface area contributed by atoms with E-state index < -0.39 is 5.97 Å². The molecule has 17 heavy (non-hydrogen) atoms. The van der Waals surface area contributed by atoms with E-state index in [-0.39, 0.29) is 6.54 Å². The van der Waals surface area contributed by atoms with Gasteiger partial charge in [0.05, 0.1) is 6.54 Å². The van der Waals surface area contributed by atoms with Crippen molar-refractivity contribution in [3.63, 3.8) is 0 Å². The van der Waals surface area contributed by atoms with Crippen LogP contribution in [0.15, 0.2) is 0 Å². The maximum Gasteiger partial charge on any atom is 0.317 e. The third-order valence-electron chi connectivity index (χ3n) is 2.02. The number of carbonyl (C=O) groups is 2. The predicted molar refractivity (Wildman–Crippen MR) is 69.0 cm³/mol. The van der Waals surface area contributed by atoms with Crippen LogP contribution in [0, 0.1) is 0 Å². The molecule has 0 fully saturated rings. The highest BCUT2D eigenvalue weighted by Gasteiger charge is 2.00. The molecule has 0 aromatic rings. The van der Waals surface area contributed by atoms with Crippen molar-refractivity contribution < 1.29 is 14.7 Å². The summed E-state index contributed by atoms with van der Waals surface area (Å²) in [5, 5.41) is 11.1. The van der Waals surface area contributed by atoms with Gasteiger partial charge in [-0.2, -0.15) is 0 Å². The van der Waals surface area contributed by atoms with Crippen molar-refractivity contribution in [2.24, 2.45) is 0 Å². The first-order valence-corrected chi connectivity index (χ1v) is 6.32. The largest absolute Gasteiger partial charge is 0.480 e. The molecule has 0 bridgehead atoms. The fourth-order valence-electron chi connectivity index (χ4n) is 1.18. The van der Waals surface area contributed by atoms with E-state index in [1.54, 1.807) is 4.90 Å². The zero-order valence-corrected chi connectivity index (χ0v) is 11.2. The van der Waals surface area contributed by atoms with Gasteiger partial charge in [-0.25, -0.2) is 0 Å². The number of nitrogens with one attached hydrogen (secondary N) is 1. The van der Waals surface area contributed by atoms with Gasteiger partial charge in [0, 0.05) is 13.1 Å². The number of carbonyl (C=O) groups excluding carboxylic acids is 1. The molecule has 0 aromatic carbocycles. The number of carboxylic acid groups (broad SMARTS) is 1. The number of rotatable bonds is 10. The SMILES string of the molecule is CC.CCCCN(C=O)CCCNCC(=O)O. The fraction of sp³-hybridized carbons (Fsp3) is 0.833. The van der Waals surface area contributed by atoms with E-state index in [1.807, 2.05) is 13.8 Å². The monoisotopic (exact) mass is 246 g/mol. The third-order valence-corrected chi connectivity index (χ3v) is 2.02. The summed E-state index contributed by atoms with van der Waals surface area (Å²) in [4.78, 5) is 22.5. The van der Waals surface area contributed by atoms with Crippen LogP contribution in [-0.2, 0) is 9.59 Å². The van der Waals surface area contributed by atoms with Crippen LogP contribution in [0.1, 0.15) is 40.0 Å². The van der Waals surface area contributed by atoms with Crippen molar-refractivity contribution in [1.82, 2.24) is 10.2 Å². The Labute approximate surface area is 104 Å². The normalized spacial score (nSPS) is 9.12. The molecule has 0 aliphatic rings. The Kier molecular flexibility index (Phi) is 16.0. The number of unbranched alkanes of at least 4 members (excludes halogenated alkanes) is 1. The van der Waals surface area contributed by atoms with E-state index in [9.17, 15) is 9.59 Å². The Morgan fingerprint density at radius 2 is 1.88 bits per heavy atom. The molecule has 1 amide bonds. The molecule has 0 aliphatic carbocycles. The minimum absolute atomic E-state index is 0.0178. The lowest BCUT2D eigenvalue weighted by atomic mass is 10.3. The maximum atomic E-state index is 10.6.